The average molecular weight is 354 g/mol. The number of amides is 1. The Labute approximate surface area is 149 Å². The molecule has 1 heterocycles. The summed E-state index contributed by atoms with van der Waals surface area (Å²) < 4.78 is 25.7. The summed E-state index contributed by atoms with van der Waals surface area (Å²) in [6.07, 6.45) is 3.53. The lowest BCUT2D eigenvalue weighted by Crippen LogP contribution is -2.15. The van der Waals surface area contributed by atoms with Crippen LogP contribution in [-0.2, 0) is 6.42 Å². The Balaban J connectivity index is 1.51. The molecule has 0 atom stereocenters. The lowest BCUT2D eigenvalue weighted by atomic mass is 10.1. The van der Waals surface area contributed by atoms with E-state index in [4.69, 9.17) is 0 Å². The van der Waals surface area contributed by atoms with Crippen LogP contribution in [0.25, 0.3) is 0 Å². The topological polar surface area (TPSA) is 66.9 Å². The van der Waals surface area contributed by atoms with Gasteiger partial charge >= 0.3 is 0 Å². The molecular weight excluding hydrogens is 338 g/mol. The Morgan fingerprint density at radius 1 is 0.885 bits per heavy atom. The van der Waals surface area contributed by atoms with Crippen molar-refractivity contribution in [3.63, 3.8) is 0 Å². The summed E-state index contributed by atoms with van der Waals surface area (Å²) in [7, 11) is 0. The van der Waals surface area contributed by atoms with Crippen molar-refractivity contribution in [2.75, 3.05) is 17.2 Å². The largest absolute Gasteiger partial charge is 0.368 e. The van der Waals surface area contributed by atoms with Gasteiger partial charge in [-0.1, -0.05) is 12.1 Å². The maximum atomic E-state index is 12.9. The monoisotopic (exact) mass is 354 g/mol. The second kappa shape index (κ2) is 8.15. The molecule has 132 valence electrons. The Hall–Kier alpha value is -3.35. The second-order valence-corrected chi connectivity index (χ2v) is 5.55. The summed E-state index contributed by atoms with van der Waals surface area (Å²) in [4.78, 5) is 20.3. The van der Waals surface area contributed by atoms with Crippen LogP contribution in [0.5, 0.6) is 0 Å². The van der Waals surface area contributed by atoms with Gasteiger partial charge in [0.05, 0.1) is 12.4 Å². The molecule has 3 rings (SSSR count). The van der Waals surface area contributed by atoms with Crippen LogP contribution in [0.2, 0.25) is 0 Å². The minimum atomic E-state index is -0.429. The molecular formula is C19H16F2N4O. The molecule has 1 aromatic heterocycles. The van der Waals surface area contributed by atoms with Gasteiger partial charge in [0.1, 0.15) is 23.1 Å². The molecule has 0 aliphatic carbocycles. The molecule has 2 N–H and O–H groups in total. The summed E-state index contributed by atoms with van der Waals surface area (Å²) in [5.41, 5.74) is 1.63. The van der Waals surface area contributed by atoms with Crippen LogP contribution in [0.4, 0.5) is 20.3 Å². The van der Waals surface area contributed by atoms with Crippen molar-refractivity contribution in [1.29, 1.82) is 0 Å². The molecule has 0 bridgehead atoms. The van der Waals surface area contributed by atoms with Crippen LogP contribution in [-0.4, -0.2) is 22.4 Å². The van der Waals surface area contributed by atoms with E-state index in [0.29, 0.717) is 24.5 Å². The standard InChI is InChI=1S/C19H16F2N4O/c20-14-3-1-13(2-4-14)9-10-22-18-12-23-17(11-24-18)19(26)25-16-7-5-15(21)6-8-16/h1-8,11-12H,9-10H2,(H,22,24)(H,25,26). The fraction of sp³-hybridized carbons (Fsp3) is 0.105. The van der Waals surface area contributed by atoms with E-state index in [-0.39, 0.29) is 17.3 Å². The van der Waals surface area contributed by atoms with Gasteiger partial charge in [0.2, 0.25) is 0 Å². The third kappa shape index (κ3) is 4.83. The number of rotatable bonds is 6. The van der Waals surface area contributed by atoms with E-state index in [0.717, 1.165) is 5.56 Å². The van der Waals surface area contributed by atoms with E-state index in [9.17, 15) is 13.6 Å². The normalized spacial score (nSPS) is 10.4. The lowest BCUT2D eigenvalue weighted by Gasteiger charge is -2.07. The van der Waals surface area contributed by atoms with Crippen molar-refractivity contribution in [2.45, 2.75) is 6.42 Å². The fourth-order valence-electron chi connectivity index (χ4n) is 2.25. The van der Waals surface area contributed by atoms with Gasteiger partial charge in [-0.25, -0.2) is 18.7 Å². The Morgan fingerprint density at radius 3 is 2.15 bits per heavy atom. The van der Waals surface area contributed by atoms with E-state index >= 15 is 0 Å². The zero-order chi connectivity index (χ0) is 18.4. The molecule has 0 radical (unpaired) electrons. The van der Waals surface area contributed by atoms with E-state index in [2.05, 4.69) is 20.6 Å². The van der Waals surface area contributed by atoms with E-state index in [1.807, 2.05) is 0 Å². The molecule has 0 aliphatic heterocycles. The molecule has 0 aliphatic rings. The fourth-order valence-corrected chi connectivity index (χ4v) is 2.25. The summed E-state index contributed by atoms with van der Waals surface area (Å²) in [5.74, 6) is -0.534. The first-order valence-corrected chi connectivity index (χ1v) is 7.97. The number of hydrogen-bond donors (Lipinski definition) is 2. The van der Waals surface area contributed by atoms with Crippen molar-refractivity contribution in [3.8, 4) is 0 Å². The molecule has 1 amide bonds. The zero-order valence-corrected chi connectivity index (χ0v) is 13.7. The third-order valence-corrected chi connectivity index (χ3v) is 3.62. The van der Waals surface area contributed by atoms with Crippen LogP contribution in [0.3, 0.4) is 0 Å². The molecule has 26 heavy (non-hydrogen) atoms. The number of carbonyl (C=O) groups is 1. The van der Waals surface area contributed by atoms with Gasteiger partial charge in [0.15, 0.2) is 0 Å². The maximum absolute atomic E-state index is 12.9. The number of nitrogens with zero attached hydrogens (tertiary/aromatic N) is 2. The van der Waals surface area contributed by atoms with E-state index in [1.165, 1.54) is 48.8 Å². The highest BCUT2D eigenvalue weighted by molar-refractivity contribution is 6.02. The lowest BCUT2D eigenvalue weighted by molar-refractivity contribution is 0.102. The average Bonchev–Trinajstić information content (AvgIpc) is 2.66. The Morgan fingerprint density at radius 2 is 1.54 bits per heavy atom. The highest BCUT2D eigenvalue weighted by Crippen LogP contribution is 2.10. The van der Waals surface area contributed by atoms with E-state index < -0.39 is 5.91 Å². The summed E-state index contributed by atoms with van der Waals surface area (Å²) in [5, 5.41) is 5.70. The van der Waals surface area contributed by atoms with Crippen LogP contribution in [0, 0.1) is 11.6 Å². The van der Waals surface area contributed by atoms with E-state index in [1.54, 1.807) is 12.1 Å². The number of anilines is 2. The Bertz CT molecular complexity index is 866. The first-order chi connectivity index (χ1) is 12.6. The number of benzene rings is 2. The number of aromatic nitrogens is 2. The molecule has 2 aromatic carbocycles. The van der Waals surface area contributed by atoms with Gasteiger partial charge in [-0.3, -0.25) is 4.79 Å². The maximum Gasteiger partial charge on any atom is 0.275 e. The van der Waals surface area contributed by atoms with Gasteiger partial charge in [-0.15, -0.1) is 0 Å². The van der Waals surface area contributed by atoms with Crippen molar-refractivity contribution >= 4 is 17.4 Å². The van der Waals surface area contributed by atoms with Crippen LogP contribution in [0.15, 0.2) is 60.9 Å². The summed E-state index contributed by atoms with van der Waals surface area (Å²) in [6, 6.07) is 11.7. The van der Waals surface area contributed by atoms with Crippen LogP contribution in [0.1, 0.15) is 16.1 Å². The van der Waals surface area contributed by atoms with Gasteiger partial charge < -0.3 is 10.6 Å². The molecule has 0 fully saturated rings. The van der Waals surface area contributed by atoms with Crippen molar-refractivity contribution in [1.82, 2.24) is 9.97 Å². The second-order valence-electron chi connectivity index (χ2n) is 5.55. The number of hydrogen-bond acceptors (Lipinski definition) is 4. The minimum absolute atomic E-state index is 0.151. The summed E-state index contributed by atoms with van der Waals surface area (Å²) >= 11 is 0. The smallest absolute Gasteiger partial charge is 0.275 e. The van der Waals surface area contributed by atoms with Crippen molar-refractivity contribution in [3.05, 3.63) is 83.8 Å². The van der Waals surface area contributed by atoms with Gasteiger partial charge in [-0.2, -0.15) is 0 Å². The minimum Gasteiger partial charge on any atom is -0.368 e. The first-order valence-electron chi connectivity index (χ1n) is 7.97. The number of halogens is 2. The van der Waals surface area contributed by atoms with Crippen LogP contribution < -0.4 is 10.6 Å². The molecule has 3 aromatic rings. The number of nitrogens with one attached hydrogen (secondary N) is 2. The highest BCUT2D eigenvalue weighted by Gasteiger charge is 2.08. The van der Waals surface area contributed by atoms with Crippen molar-refractivity contribution < 1.29 is 13.6 Å². The molecule has 0 saturated carbocycles. The van der Waals surface area contributed by atoms with Crippen LogP contribution >= 0.6 is 0 Å². The highest BCUT2D eigenvalue weighted by atomic mass is 19.1. The first kappa shape index (κ1) is 17.5. The Kier molecular flexibility index (Phi) is 5.48. The SMILES string of the molecule is O=C(Nc1ccc(F)cc1)c1cnc(NCCc2ccc(F)cc2)cn1. The predicted octanol–water partition coefficient (Wildman–Crippen LogP) is 3.66. The van der Waals surface area contributed by atoms with Gasteiger partial charge in [-0.05, 0) is 48.4 Å². The van der Waals surface area contributed by atoms with Crippen molar-refractivity contribution in [2.24, 2.45) is 0 Å². The zero-order valence-electron chi connectivity index (χ0n) is 13.7. The molecule has 7 heteroatoms. The third-order valence-electron chi connectivity index (χ3n) is 3.62. The molecule has 0 saturated heterocycles. The quantitative estimate of drug-likeness (QED) is 0.709. The van der Waals surface area contributed by atoms with Gasteiger partial charge in [0, 0.05) is 12.2 Å². The molecule has 0 unspecified atom stereocenters. The summed E-state index contributed by atoms with van der Waals surface area (Å²) in [6.45, 7) is 0.599. The molecule has 0 spiro atoms. The molecule has 5 nitrogen and oxygen atoms in total. The predicted molar refractivity (Wildman–Crippen MR) is 95.0 cm³/mol. The number of carbonyl (C=O) groups excluding carboxylic acids is 1. The van der Waals surface area contributed by atoms with Gasteiger partial charge in [0.25, 0.3) is 5.91 Å².